The molecular formula is C17H28N2OS. The van der Waals surface area contributed by atoms with E-state index in [1.807, 2.05) is 5.38 Å². The maximum atomic E-state index is 11.7. The lowest BCUT2D eigenvalue weighted by Crippen LogP contribution is -2.42. The summed E-state index contributed by atoms with van der Waals surface area (Å²) in [5.41, 5.74) is 2.07. The third-order valence-electron chi connectivity index (χ3n) is 4.83. The van der Waals surface area contributed by atoms with Crippen LogP contribution < -0.4 is 4.90 Å². The number of hydrogen-bond acceptors (Lipinski definition) is 4. The largest absolute Gasteiger partial charge is 0.361 e. The predicted octanol–water partition coefficient (Wildman–Crippen LogP) is 3.96. The van der Waals surface area contributed by atoms with Crippen LogP contribution in [-0.2, 0) is 0 Å². The van der Waals surface area contributed by atoms with Crippen LogP contribution in [0.2, 0.25) is 0 Å². The van der Waals surface area contributed by atoms with Crippen LogP contribution in [0.4, 0.5) is 5.00 Å². The Bertz CT molecular complexity index is 487. The molecule has 2 rings (SSSR count). The van der Waals surface area contributed by atoms with Crippen LogP contribution in [0.25, 0.3) is 0 Å². The van der Waals surface area contributed by atoms with Crippen molar-refractivity contribution in [3.8, 4) is 0 Å². The number of anilines is 1. The van der Waals surface area contributed by atoms with Gasteiger partial charge in [-0.15, -0.1) is 11.3 Å². The molecule has 1 aromatic rings. The SMILES string of the molecule is CCN(c1scc(C(C)=O)c1C)[C@H]1CC[C@H](N(C)C)CC1. The number of rotatable bonds is 5. The molecule has 0 N–H and O–H groups in total. The molecule has 118 valence electrons. The van der Waals surface area contributed by atoms with E-state index in [-0.39, 0.29) is 5.78 Å². The monoisotopic (exact) mass is 308 g/mol. The van der Waals surface area contributed by atoms with Crippen molar-refractivity contribution in [2.75, 3.05) is 25.5 Å². The topological polar surface area (TPSA) is 23.6 Å². The van der Waals surface area contributed by atoms with E-state index in [0.717, 1.165) is 18.2 Å². The van der Waals surface area contributed by atoms with E-state index < -0.39 is 0 Å². The molecule has 0 atom stereocenters. The van der Waals surface area contributed by atoms with Gasteiger partial charge in [-0.1, -0.05) is 0 Å². The van der Waals surface area contributed by atoms with Crippen molar-refractivity contribution in [2.45, 2.75) is 58.5 Å². The van der Waals surface area contributed by atoms with Crippen molar-refractivity contribution in [1.82, 2.24) is 4.90 Å². The molecular weight excluding hydrogens is 280 g/mol. The summed E-state index contributed by atoms with van der Waals surface area (Å²) in [6, 6.07) is 1.36. The minimum atomic E-state index is 0.183. The van der Waals surface area contributed by atoms with Gasteiger partial charge in [-0.25, -0.2) is 0 Å². The van der Waals surface area contributed by atoms with E-state index in [9.17, 15) is 4.79 Å². The number of ketones is 1. The second-order valence-electron chi connectivity index (χ2n) is 6.35. The van der Waals surface area contributed by atoms with Crippen molar-refractivity contribution < 1.29 is 4.79 Å². The van der Waals surface area contributed by atoms with Gasteiger partial charge in [0.05, 0.1) is 5.00 Å². The summed E-state index contributed by atoms with van der Waals surface area (Å²) in [7, 11) is 4.37. The second kappa shape index (κ2) is 6.93. The number of nitrogens with zero attached hydrogens (tertiary/aromatic N) is 2. The quantitative estimate of drug-likeness (QED) is 0.769. The minimum Gasteiger partial charge on any atom is -0.361 e. The van der Waals surface area contributed by atoms with Gasteiger partial charge in [0, 0.05) is 29.6 Å². The first kappa shape index (κ1) is 16.5. The molecule has 1 fully saturated rings. The molecule has 0 saturated heterocycles. The van der Waals surface area contributed by atoms with Crippen LogP contribution in [0.1, 0.15) is 55.5 Å². The maximum absolute atomic E-state index is 11.7. The fraction of sp³-hybridized carbons (Fsp3) is 0.706. The van der Waals surface area contributed by atoms with Crippen molar-refractivity contribution >= 4 is 22.1 Å². The van der Waals surface area contributed by atoms with E-state index in [1.54, 1.807) is 18.3 Å². The molecule has 3 nitrogen and oxygen atoms in total. The predicted molar refractivity (Wildman–Crippen MR) is 91.8 cm³/mol. The van der Waals surface area contributed by atoms with Gasteiger partial charge in [0.25, 0.3) is 0 Å². The standard InChI is InChI=1S/C17H28N2OS/c1-6-19(15-9-7-14(8-10-15)18(4)5)17-12(2)16(11-21-17)13(3)20/h11,14-15H,6-10H2,1-5H3/t14-,15-. The highest BCUT2D eigenvalue weighted by Gasteiger charge is 2.28. The Morgan fingerprint density at radius 2 is 1.81 bits per heavy atom. The summed E-state index contributed by atoms with van der Waals surface area (Å²) >= 11 is 1.73. The molecule has 0 spiro atoms. The molecule has 0 bridgehead atoms. The second-order valence-corrected chi connectivity index (χ2v) is 7.21. The van der Waals surface area contributed by atoms with E-state index in [1.165, 1.54) is 36.2 Å². The normalized spacial score (nSPS) is 22.6. The Labute approximate surface area is 132 Å². The number of carbonyl (C=O) groups is 1. The highest BCUT2D eigenvalue weighted by molar-refractivity contribution is 7.14. The molecule has 4 heteroatoms. The first-order valence-electron chi connectivity index (χ1n) is 7.97. The Morgan fingerprint density at radius 3 is 2.24 bits per heavy atom. The zero-order valence-corrected chi connectivity index (χ0v) is 14.8. The van der Waals surface area contributed by atoms with Crippen molar-refractivity contribution in [2.24, 2.45) is 0 Å². The molecule has 1 aliphatic carbocycles. The lowest BCUT2D eigenvalue weighted by atomic mass is 9.89. The van der Waals surface area contributed by atoms with Gasteiger partial charge >= 0.3 is 0 Å². The summed E-state index contributed by atoms with van der Waals surface area (Å²) in [6.45, 7) is 7.01. The van der Waals surface area contributed by atoms with E-state index in [4.69, 9.17) is 0 Å². The maximum Gasteiger partial charge on any atom is 0.160 e. The molecule has 0 radical (unpaired) electrons. The lowest BCUT2D eigenvalue weighted by molar-refractivity contribution is 0.101. The summed E-state index contributed by atoms with van der Waals surface area (Å²) in [6.07, 6.45) is 5.06. The van der Waals surface area contributed by atoms with Crippen molar-refractivity contribution in [3.05, 3.63) is 16.5 Å². The molecule has 1 saturated carbocycles. The van der Waals surface area contributed by atoms with Gasteiger partial charge in [-0.05, 0) is 66.1 Å². The van der Waals surface area contributed by atoms with Crippen LogP contribution in [-0.4, -0.2) is 43.4 Å². The number of Topliss-reactive ketones (excluding diaryl/α,β-unsaturated/α-hetero) is 1. The van der Waals surface area contributed by atoms with Crippen molar-refractivity contribution in [3.63, 3.8) is 0 Å². The first-order valence-corrected chi connectivity index (χ1v) is 8.85. The molecule has 21 heavy (non-hydrogen) atoms. The summed E-state index contributed by atoms with van der Waals surface area (Å²) in [5.74, 6) is 0.183. The lowest BCUT2D eigenvalue weighted by Gasteiger charge is -2.39. The van der Waals surface area contributed by atoms with Crippen LogP contribution in [0.3, 0.4) is 0 Å². The number of carbonyl (C=O) groups excluding carboxylic acids is 1. The fourth-order valence-electron chi connectivity index (χ4n) is 3.49. The van der Waals surface area contributed by atoms with Gasteiger partial charge in [-0.2, -0.15) is 0 Å². The van der Waals surface area contributed by atoms with Crippen LogP contribution in [0, 0.1) is 6.92 Å². The zero-order valence-electron chi connectivity index (χ0n) is 14.0. The highest BCUT2D eigenvalue weighted by Crippen LogP contribution is 2.36. The fourth-order valence-corrected chi connectivity index (χ4v) is 4.76. The molecule has 1 aromatic heterocycles. The van der Waals surface area contributed by atoms with Gasteiger partial charge < -0.3 is 9.80 Å². The Morgan fingerprint density at radius 1 is 1.24 bits per heavy atom. The minimum absolute atomic E-state index is 0.183. The van der Waals surface area contributed by atoms with Gasteiger partial charge in [0.15, 0.2) is 5.78 Å². The van der Waals surface area contributed by atoms with Gasteiger partial charge in [0.1, 0.15) is 0 Å². The van der Waals surface area contributed by atoms with Gasteiger partial charge in [-0.3, -0.25) is 4.79 Å². The van der Waals surface area contributed by atoms with Gasteiger partial charge in [0.2, 0.25) is 0 Å². The number of hydrogen-bond donors (Lipinski definition) is 0. The third-order valence-corrected chi connectivity index (χ3v) is 5.95. The third kappa shape index (κ3) is 3.49. The Balaban J connectivity index is 2.12. The summed E-state index contributed by atoms with van der Waals surface area (Å²) in [5, 5.41) is 3.33. The van der Waals surface area contributed by atoms with Crippen LogP contribution in [0.5, 0.6) is 0 Å². The van der Waals surface area contributed by atoms with Crippen LogP contribution in [0.15, 0.2) is 5.38 Å². The average Bonchev–Trinajstić information content (AvgIpc) is 2.82. The van der Waals surface area contributed by atoms with Crippen LogP contribution >= 0.6 is 11.3 Å². The molecule has 1 heterocycles. The first-order chi connectivity index (χ1) is 9.95. The van der Waals surface area contributed by atoms with Crippen molar-refractivity contribution in [1.29, 1.82) is 0 Å². The smallest absolute Gasteiger partial charge is 0.160 e. The summed E-state index contributed by atoms with van der Waals surface area (Å²) in [4.78, 5) is 16.6. The number of thiophene rings is 1. The van der Waals surface area contributed by atoms with E-state index >= 15 is 0 Å². The highest BCUT2D eigenvalue weighted by atomic mass is 32.1. The Hall–Kier alpha value is -0.870. The van der Waals surface area contributed by atoms with E-state index in [0.29, 0.717) is 6.04 Å². The average molecular weight is 308 g/mol. The molecule has 0 aliphatic heterocycles. The molecule has 0 unspecified atom stereocenters. The Kier molecular flexibility index (Phi) is 5.44. The molecule has 0 amide bonds. The summed E-state index contributed by atoms with van der Waals surface area (Å²) < 4.78 is 0. The van der Waals surface area contributed by atoms with E-state index in [2.05, 4.69) is 37.7 Å². The zero-order chi connectivity index (χ0) is 15.6. The molecule has 0 aromatic carbocycles. The molecule has 1 aliphatic rings.